The van der Waals surface area contributed by atoms with Gasteiger partial charge in [-0.05, 0) is 69.0 Å². The van der Waals surface area contributed by atoms with Crippen molar-refractivity contribution < 1.29 is 4.74 Å². The molecule has 1 N–H and O–H groups in total. The first kappa shape index (κ1) is 14.0. The van der Waals surface area contributed by atoms with Crippen molar-refractivity contribution in [3.8, 4) is 0 Å². The molecule has 0 aromatic carbocycles. The highest BCUT2D eigenvalue weighted by Crippen LogP contribution is 2.20. The number of rotatable bonds is 6. The number of fused-ring (bicyclic) bond motifs is 1. The van der Waals surface area contributed by atoms with Gasteiger partial charge in [-0.2, -0.15) is 0 Å². The van der Waals surface area contributed by atoms with E-state index in [1.54, 1.807) is 0 Å². The molecule has 0 saturated carbocycles. The van der Waals surface area contributed by atoms with Gasteiger partial charge in [-0.25, -0.2) is 0 Å². The second kappa shape index (κ2) is 7.19. The molecule has 2 heterocycles. The predicted molar refractivity (Wildman–Crippen MR) is 81.0 cm³/mol. The van der Waals surface area contributed by atoms with E-state index < -0.39 is 0 Å². The van der Waals surface area contributed by atoms with Crippen LogP contribution in [0.25, 0.3) is 0 Å². The Hall–Kier alpha value is -0.930. The summed E-state index contributed by atoms with van der Waals surface area (Å²) in [4.78, 5) is 4.82. The Morgan fingerprint density at radius 1 is 1.25 bits per heavy atom. The van der Waals surface area contributed by atoms with Crippen LogP contribution < -0.4 is 5.32 Å². The smallest absolute Gasteiger partial charge is 0.0506 e. The summed E-state index contributed by atoms with van der Waals surface area (Å²) in [5, 5.41) is 3.38. The van der Waals surface area contributed by atoms with Crippen LogP contribution in [0.5, 0.6) is 0 Å². The van der Waals surface area contributed by atoms with Crippen LogP contribution in [-0.4, -0.2) is 31.3 Å². The predicted octanol–water partition coefficient (Wildman–Crippen LogP) is 2.52. The lowest BCUT2D eigenvalue weighted by Gasteiger charge is -2.15. The van der Waals surface area contributed by atoms with Gasteiger partial charge in [0.1, 0.15) is 0 Å². The van der Waals surface area contributed by atoms with Crippen molar-refractivity contribution in [2.75, 3.05) is 26.3 Å². The number of aryl methyl sites for hydroxylation is 3. The third kappa shape index (κ3) is 3.80. The van der Waals surface area contributed by atoms with Crippen molar-refractivity contribution >= 4 is 0 Å². The SMILES string of the molecule is c1cc2c(nc1CCCOC[C@@H]1CCNC1)CCCC2. The van der Waals surface area contributed by atoms with E-state index in [9.17, 15) is 0 Å². The lowest BCUT2D eigenvalue weighted by atomic mass is 9.95. The van der Waals surface area contributed by atoms with Crippen LogP contribution in [0.2, 0.25) is 0 Å². The molecule has 3 heteroatoms. The minimum Gasteiger partial charge on any atom is -0.381 e. The fraction of sp³-hybridized carbons (Fsp3) is 0.706. The van der Waals surface area contributed by atoms with Gasteiger partial charge in [-0.1, -0.05) is 6.07 Å². The van der Waals surface area contributed by atoms with Gasteiger partial charge in [-0.3, -0.25) is 4.98 Å². The first-order chi connectivity index (χ1) is 9.92. The van der Waals surface area contributed by atoms with Crippen LogP contribution >= 0.6 is 0 Å². The Morgan fingerprint density at radius 2 is 2.20 bits per heavy atom. The summed E-state index contributed by atoms with van der Waals surface area (Å²) in [5.74, 6) is 0.733. The molecule has 1 aliphatic carbocycles. The molecule has 1 aromatic rings. The van der Waals surface area contributed by atoms with Gasteiger partial charge in [0.15, 0.2) is 0 Å². The lowest BCUT2D eigenvalue weighted by molar-refractivity contribution is 0.103. The summed E-state index contributed by atoms with van der Waals surface area (Å²) in [5.41, 5.74) is 4.08. The van der Waals surface area contributed by atoms with Crippen LogP contribution in [0.1, 0.15) is 42.6 Å². The van der Waals surface area contributed by atoms with Crippen LogP contribution in [0.15, 0.2) is 12.1 Å². The normalized spacial score (nSPS) is 21.9. The molecule has 3 nitrogen and oxygen atoms in total. The second-order valence-corrected chi connectivity index (χ2v) is 6.15. The molecular formula is C17H26N2O. The van der Waals surface area contributed by atoms with E-state index in [1.165, 1.54) is 49.1 Å². The summed E-state index contributed by atoms with van der Waals surface area (Å²) >= 11 is 0. The molecular weight excluding hydrogens is 248 g/mol. The molecule has 1 saturated heterocycles. The number of pyridine rings is 1. The minimum atomic E-state index is 0.733. The van der Waals surface area contributed by atoms with E-state index in [0.29, 0.717) is 0 Å². The van der Waals surface area contributed by atoms with Crippen LogP contribution in [-0.2, 0) is 24.0 Å². The number of hydrogen-bond donors (Lipinski definition) is 1. The average molecular weight is 274 g/mol. The summed E-state index contributed by atoms with van der Waals surface area (Å²) in [6.07, 6.45) is 8.45. The van der Waals surface area contributed by atoms with Gasteiger partial charge in [-0.15, -0.1) is 0 Å². The Morgan fingerprint density at radius 3 is 3.10 bits per heavy atom. The molecule has 3 rings (SSSR count). The zero-order valence-corrected chi connectivity index (χ0v) is 12.4. The number of ether oxygens (including phenoxy) is 1. The molecule has 1 fully saturated rings. The van der Waals surface area contributed by atoms with Gasteiger partial charge in [0.2, 0.25) is 0 Å². The first-order valence-corrected chi connectivity index (χ1v) is 8.18. The Labute approximate surface area is 122 Å². The van der Waals surface area contributed by atoms with E-state index in [2.05, 4.69) is 17.4 Å². The van der Waals surface area contributed by atoms with Gasteiger partial charge >= 0.3 is 0 Å². The fourth-order valence-electron chi connectivity index (χ4n) is 3.23. The monoisotopic (exact) mass is 274 g/mol. The van der Waals surface area contributed by atoms with E-state index in [1.807, 2.05) is 0 Å². The molecule has 0 amide bonds. The number of nitrogens with one attached hydrogen (secondary N) is 1. The summed E-state index contributed by atoms with van der Waals surface area (Å²) in [6.45, 7) is 4.08. The van der Waals surface area contributed by atoms with Crippen molar-refractivity contribution in [1.29, 1.82) is 0 Å². The average Bonchev–Trinajstić information content (AvgIpc) is 3.00. The molecule has 1 atom stereocenters. The maximum absolute atomic E-state index is 5.78. The highest BCUT2D eigenvalue weighted by molar-refractivity contribution is 5.25. The zero-order chi connectivity index (χ0) is 13.6. The number of nitrogens with zero attached hydrogens (tertiary/aromatic N) is 1. The van der Waals surface area contributed by atoms with Crippen molar-refractivity contribution in [3.05, 3.63) is 29.1 Å². The highest BCUT2D eigenvalue weighted by Gasteiger charge is 2.14. The fourth-order valence-corrected chi connectivity index (χ4v) is 3.23. The summed E-state index contributed by atoms with van der Waals surface area (Å²) < 4.78 is 5.78. The largest absolute Gasteiger partial charge is 0.381 e. The van der Waals surface area contributed by atoms with Crippen LogP contribution in [0, 0.1) is 5.92 Å². The topological polar surface area (TPSA) is 34.1 Å². The standard InChI is InChI=1S/C17H26N2O/c1-2-6-17-15(4-1)7-8-16(19-17)5-3-11-20-13-14-9-10-18-12-14/h7-8,14,18H,1-6,9-13H2/t14-/m1/s1. The van der Waals surface area contributed by atoms with Crippen molar-refractivity contribution in [1.82, 2.24) is 10.3 Å². The summed E-state index contributed by atoms with van der Waals surface area (Å²) in [7, 11) is 0. The maximum atomic E-state index is 5.78. The molecule has 0 unspecified atom stereocenters. The minimum absolute atomic E-state index is 0.733. The van der Waals surface area contributed by atoms with E-state index in [0.717, 1.165) is 45.1 Å². The molecule has 20 heavy (non-hydrogen) atoms. The highest BCUT2D eigenvalue weighted by atomic mass is 16.5. The summed E-state index contributed by atoms with van der Waals surface area (Å²) in [6, 6.07) is 4.51. The molecule has 1 aliphatic heterocycles. The zero-order valence-electron chi connectivity index (χ0n) is 12.4. The van der Waals surface area contributed by atoms with Gasteiger partial charge in [0.05, 0.1) is 6.61 Å². The van der Waals surface area contributed by atoms with E-state index >= 15 is 0 Å². The van der Waals surface area contributed by atoms with E-state index in [-0.39, 0.29) is 0 Å². The quantitative estimate of drug-likeness (QED) is 0.809. The third-order valence-electron chi connectivity index (χ3n) is 4.47. The van der Waals surface area contributed by atoms with Gasteiger partial charge < -0.3 is 10.1 Å². The number of aromatic nitrogens is 1. The molecule has 0 spiro atoms. The number of hydrogen-bond acceptors (Lipinski definition) is 3. The first-order valence-electron chi connectivity index (χ1n) is 8.18. The van der Waals surface area contributed by atoms with E-state index in [4.69, 9.17) is 9.72 Å². The van der Waals surface area contributed by atoms with Crippen LogP contribution in [0.4, 0.5) is 0 Å². The molecule has 1 aromatic heterocycles. The Balaban J connectivity index is 1.37. The van der Waals surface area contributed by atoms with Crippen molar-refractivity contribution in [3.63, 3.8) is 0 Å². The lowest BCUT2D eigenvalue weighted by Crippen LogP contribution is -2.14. The second-order valence-electron chi connectivity index (χ2n) is 6.15. The maximum Gasteiger partial charge on any atom is 0.0506 e. The van der Waals surface area contributed by atoms with Crippen molar-refractivity contribution in [2.24, 2.45) is 5.92 Å². The van der Waals surface area contributed by atoms with Gasteiger partial charge in [0.25, 0.3) is 0 Å². The van der Waals surface area contributed by atoms with Crippen LogP contribution in [0.3, 0.4) is 0 Å². The van der Waals surface area contributed by atoms with Crippen molar-refractivity contribution in [2.45, 2.75) is 44.9 Å². The molecule has 110 valence electrons. The Kier molecular flexibility index (Phi) is 5.04. The Bertz CT molecular complexity index is 427. The molecule has 0 bridgehead atoms. The molecule has 0 radical (unpaired) electrons. The third-order valence-corrected chi connectivity index (χ3v) is 4.47. The molecule has 2 aliphatic rings. The van der Waals surface area contributed by atoms with Gasteiger partial charge in [0, 0.05) is 24.5 Å².